The van der Waals surface area contributed by atoms with Gasteiger partial charge in [-0.25, -0.2) is 9.67 Å². The highest BCUT2D eigenvalue weighted by Crippen LogP contribution is 2.06. The summed E-state index contributed by atoms with van der Waals surface area (Å²) in [6.45, 7) is 6.41. The Kier molecular flexibility index (Phi) is 5.31. The zero-order valence-electron chi connectivity index (χ0n) is 11.1. The third-order valence-corrected chi connectivity index (χ3v) is 2.53. The maximum absolute atomic E-state index is 11.7. The van der Waals surface area contributed by atoms with Crippen LogP contribution in [0.5, 0.6) is 0 Å². The van der Waals surface area contributed by atoms with Crippen LogP contribution in [-0.2, 0) is 11.3 Å². The molecule has 1 amide bonds. The Morgan fingerprint density at radius 2 is 2.22 bits per heavy atom. The second-order valence-corrected chi connectivity index (χ2v) is 4.82. The van der Waals surface area contributed by atoms with E-state index in [1.165, 1.54) is 11.0 Å². The molecule has 0 bridgehead atoms. The van der Waals surface area contributed by atoms with Crippen molar-refractivity contribution in [3.63, 3.8) is 0 Å². The molecule has 6 heteroatoms. The van der Waals surface area contributed by atoms with Crippen LogP contribution in [0.1, 0.15) is 39.4 Å². The van der Waals surface area contributed by atoms with E-state index in [0.717, 1.165) is 12.8 Å². The highest BCUT2D eigenvalue weighted by Gasteiger charge is 2.09. The molecule has 0 fully saturated rings. The predicted octanol–water partition coefficient (Wildman–Crippen LogP) is 1.09. The van der Waals surface area contributed by atoms with Crippen LogP contribution in [-0.4, -0.2) is 26.7 Å². The van der Waals surface area contributed by atoms with Crippen molar-refractivity contribution >= 4 is 5.91 Å². The van der Waals surface area contributed by atoms with E-state index in [0.29, 0.717) is 5.92 Å². The lowest BCUT2D eigenvalue weighted by Crippen LogP contribution is -2.35. The largest absolute Gasteiger partial charge is 0.352 e. The van der Waals surface area contributed by atoms with Crippen LogP contribution in [0.4, 0.5) is 0 Å². The van der Waals surface area contributed by atoms with Crippen molar-refractivity contribution < 1.29 is 4.79 Å². The summed E-state index contributed by atoms with van der Waals surface area (Å²) < 4.78 is 1.36. The van der Waals surface area contributed by atoms with Crippen LogP contribution in [0.25, 0.3) is 0 Å². The first-order valence-corrected chi connectivity index (χ1v) is 6.10. The van der Waals surface area contributed by atoms with Crippen LogP contribution in [0.2, 0.25) is 0 Å². The zero-order chi connectivity index (χ0) is 13.5. The van der Waals surface area contributed by atoms with Gasteiger partial charge in [-0.1, -0.05) is 13.8 Å². The minimum absolute atomic E-state index is 0.0793. The Morgan fingerprint density at radius 3 is 2.78 bits per heavy atom. The SMILES string of the molecule is CC(C)CCC(C)NC(=O)Cn1cnc(C#N)n1. The first kappa shape index (κ1) is 14.2. The van der Waals surface area contributed by atoms with E-state index < -0.39 is 0 Å². The second kappa shape index (κ2) is 6.74. The smallest absolute Gasteiger partial charge is 0.252 e. The number of carbonyl (C=O) groups is 1. The van der Waals surface area contributed by atoms with Gasteiger partial charge in [0.25, 0.3) is 5.82 Å². The maximum Gasteiger partial charge on any atom is 0.252 e. The number of nitrogens with zero attached hydrogens (tertiary/aromatic N) is 4. The Balaban J connectivity index is 2.35. The molecular weight excluding hydrogens is 230 g/mol. The van der Waals surface area contributed by atoms with Crippen molar-refractivity contribution in [3.05, 3.63) is 12.2 Å². The lowest BCUT2D eigenvalue weighted by atomic mass is 10.0. The number of hydrogen-bond donors (Lipinski definition) is 1. The first-order valence-electron chi connectivity index (χ1n) is 6.10. The summed E-state index contributed by atoms with van der Waals surface area (Å²) in [6, 6.07) is 1.97. The van der Waals surface area contributed by atoms with Gasteiger partial charge in [0, 0.05) is 6.04 Å². The molecule has 0 aliphatic carbocycles. The number of hydrogen-bond acceptors (Lipinski definition) is 4. The van der Waals surface area contributed by atoms with Crippen molar-refractivity contribution in [2.24, 2.45) is 5.92 Å². The molecule has 18 heavy (non-hydrogen) atoms. The summed E-state index contributed by atoms with van der Waals surface area (Å²) in [4.78, 5) is 15.4. The monoisotopic (exact) mass is 249 g/mol. The predicted molar refractivity (Wildman–Crippen MR) is 66.4 cm³/mol. The zero-order valence-corrected chi connectivity index (χ0v) is 11.1. The molecule has 1 atom stereocenters. The van der Waals surface area contributed by atoms with Crippen molar-refractivity contribution in [2.45, 2.75) is 46.2 Å². The third-order valence-electron chi connectivity index (χ3n) is 2.53. The molecule has 1 aromatic rings. The van der Waals surface area contributed by atoms with E-state index in [1.807, 2.05) is 13.0 Å². The lowest BCUT2D eigenvalue weighted by Gasteiger charge is -2.14. The molecule has 1 aromatic heterocycles. The highest BCUT2D eigenvalue weighted by molar-refractivity contribution is 5.75. The topological polar surface area (TPSA) is 83.6 Å². The van der Waals surface area contributed by atoms with Gasteiger partial charge in [-0.05, 0) is 25.7 Å². The Morgan fingerprint density at radius 1 is 1.50 bits per heavy atom. The molecule has 1 N–H and O–H groups in total. The van der Waals surface area contributed by atoms with Crippen molar-refractivity contribution in [1.82, 2.24) is 20.1 Å². The molecule has 6 nitrogen and oxygen atoms in total. The van der Waals surface area contributed by atoms with Crippen LogP contribution >= 0.6 is 0 Å². The summed E-state index contributed by atoms with van der Waals surface area (Å²) in [7, 11) is 0. The van der Waals surface area contributed by atoms with Gasteiger partial charge in [-0.2, -0.15) is 5.26 Å². The molecule has 0 aliphatic heterocycles. The molecule has 98 valence electrons. The van der Waals surface area contributed by atoms with Gasteiger partial charge in [-0.15, -0.1) is 5.10 Å². The summed E-state index contributed by atoms with van der Waals surface area (Å²) in [6.07, 6.45) is 3.43. The summed E-state index contributed by atoms with van der Waals surface area (Å²) in [5.74, 6) is 0.606. The van der Waals surface area contributed by atoms with Crippen LogP contribution in [0.3, 0.4) is 0 Å². The standard InChI is InChI=1S/C12H19N5O/c1-9(2)4-5-10(3)15-12(18)7-17-8-14-11(6-13)16-17/h8-10H,4-5,7H2,1-3H3,(H,15,18). The minimum Gasteiger partial charge on any atom is -0.352 e. The van der Waals surface area contributed by atoms with E-state index >= 15 is 0 Å². The number of rotatable bonds is 6. The van der Waals surface area contributed by atoms with Gasteiger partial charge in [0.1, 0.15) is 18.9 Å². The van der Waals surface area contributed by atoms with Gasteiger partial charge >= 0.3 is 0 Å². The average molecular weight is 249 g/mol. The number of aromatic nitrogens is 3. The number of nitrogens with one attached hydrogen (secondary N) is 1. The Bertz CT molecular complexity index is 432. The van der Waals surface area contributed by atoms with E-state index in [2.05, 4.69) is 29.2 Å². The molecule has 0 saturated carbocycles. The second-order valence-electron chi connectivity index (χ2n) is 4.82. The normalized spacial score (nSPS) is 12.2. The lowest BCUT2D eigenvalue weighted by molar-refractivity contribution is -0.122. The number of carbonyl (C=O) groups excluding carboxylic acids is 1. The molecule has 0 saturated heterocycles. The molecule has 1 heterocycles. The summed E-state index contributed by atoms with van der Waals surface area (Å²) in [5, 5.41) is 15.3. The van der Waals surface area contributed by atoms with Crippen LogP contribution in [0.15, 0.2) is 6.33 Å². The highest BCUT2D eigenvalue weighted by atomic mass is 16.2. The molecule has 0 aliphatic rings. The van der Waals surface area contributed by atoms with Gasteiger partial charge in [0.2, 0.25) is 5.91 Å². The quantitative estimate of drug-likeness (QED) is 0.818. The van der Waals surface area contributed by atoms with Gasteiger partial charge < -0.3 is 5.32 Å². The van der Waals surface area contributed by atoms with Gasteiger partial charge in [0.05, 0.1) is 0 Å². The molecule has 1 unspecified atom stereocenters. The summed E-state index contributed by atoms with van der Waals surface area (Å²) in [5.41, 5.74) is 0. The fourth-order valence-electron chi connectivity index (χ4n) is 1.55. The fraction of sp³-hybridized carbons (Fsp3) is 0.667. The van der Waals surface area contributed by atoms with Gasteiger partial charge in [0.15, 0.2) is 0 Å². The van der Waals surface area contributed by atoms with Crippen molar-refractivity contribution in [1.29, 1.82) is 5.26 Å². The van der Waals surface area contributed by atoms with E-state index in [-0.39, 0.29) is 24.3 Å². The summed E-state index contributed by atoms with van der Waals surface area (Å²) >= 11 is 0. The first-order chi connectivity index (χ1) is 8.51. The number of nitriles is 1. The van der Waals surface area contributed by atoms with E-state index in [1.54, 1.807) is 0 Å². The van der Waals surface area contributed by atoms with E-state index in [4.69, 9.17) is 5.26 Å². The maximum atomic E-state index is 11.7. The van der Waals surface area contributed by atoms with Crippen LogP contribution < -0.4 is 5.32 Å². The van der Waals surface area contributed by atoms with Crippen molar-refractivity contribution in [3.8, 4) is 6.07 Å². The number of amides is 1. The average Bonchev–Trinajstić information content (AvgIpc) is 2.73. The molecule has 0 spiro atoms. The fourth-order valence-corrected chi connectivity index (χ4v) is 1.55. The van der Waals surface area contributed by atoms with E-state index in [9.17, 15) is 4.79 Å². The van der Waals surface area contributed by atoms with Crippen molar-refractivity contribution in [2.75, 3.05) is 0 Å². The molecule has 0 radical (unpaired) electrons. The molecule has 1 rings (SSSR count). The Labute approximate surface area is 107 Å². The Hall–Kier alpha value is -1.90. The minimum atomic E-state index is -0.111. The third kappa shape index (κ3) is 4.95. The van der Waals surface area contributed by atoms with Gasteiger partial charge in [-0.3, -0.25) is 4.79 Å². The van der Waals surface area contributed by atoms with Crippen LogP contribution in [0, 0.1) is 17.2 Å². The molecule has 0 aromatic carbocycles. The molecular formula is C12H19N5O.